The van der Waals surface area contributed by atoms with E-state index in [1.807, 2.05) is 24.3 Å². The Morgan fingerprint density at radius 1 is 1.44 bits per heavy atom. The number of rotatable bonds is 3. The molecule has 0 aliphatic rings. The fraction of sp³-hybridized carbons (Fsp3) is 0.333. The minimum atomic E-state index is -1.06. The molecule has 0 aliphatic carbocycles. The number of aromatic amines is 1. The van der Waals surface area contributed by atoms with Crippen LogP contribution in [0.5, 0.6) is 0 Å². The van der Waals surface area contributed by atoms with Crippen LogP contribution < -0.4 is 5.11 Å². The van der Waals surface area contributed by atoms with Crippen molar-refractivity contribution in [3.05, 3.63) is 30.1 Å². The largest absolute Gasteiger partial charge is 0.550 e. The number of hydrogen-bond acceptors (Lipinski definition) is 3. The maximum absolute atomic E-state index is 10.9. The molecule has 0 radical (unpaired) electrons. The van der Waals surface area contributed by atoms with E-state index in [2.05, 4.69) is 9.97 Å². The lowest BCUT2D eigenvalue weighted by Crippen LogP contribution is -2.39. The molecule has 0 fully saturated rings. The number of aliphatic carboxylic acids is 1. The van der Waals surface area contributed by atoms with E-state index in [0.29, 0.717) is 12.2 Å². The van der Waals surface area contributed by atoms with E-state index in [1.165, 1.54) is 0 Å². The van der Waals surface area contributed by atoms with Crippen molar-refractivity contribution in [1.82, 2.24) is 9.97 Å². The van der Waals surface area contributed by atoms with Crippen LogP contribution in [0.1, 0.15) is 19.7 Å². The van der Waals surface area contributed by atoms with Gasteiger partial charge in [-0.05, 0) is 12.1 Å². The van der Waals surface area contributed by atoms with E-state index in [9.17, 15) is 9.90 Å². The fourth-order valence-corrected chi connectivity index (χ4v) is 1.58. The van der Waals surface area contributed by atoms with Gasteiger partial charge in [-0.3, -0.25) is 0 Å². The number of carbonyl (C=O) groups is 1. The highest BCUT2D eigenvalue weighted by Crippen LogP contribution is 2.21. The average Bonchev–Trinajstić information content (AvgIpc) is 2.58. The predicted molar refractivity (Wildman–Crippen MR) is 58.6 cm³/mol. The molecule has 0 saturated heterocycles. The van der Waals surface area contributed by atoms with E-state index < -0.39 is 11.4 Å². The lowest BCUT2D eigenvalue weighted by atomic mass is 9.89. The van der Waals surface area contributed by atoms with E-state index in [1.54, 1.807) is 13.8 Å². The second-order valence-corrected chi connectivity index (χ2v) is 4.55. The topological polar surface area (TPSA) is 68.8 Å². The Labute approximate surface area is 93.3 Å². The maximum Gasteiger partial charge on any atom is 0.108 e. The van der Waals surface area contributed by atoms with E-state index in [0.717, 1.165) is 11.0 Å². The lowest BCUT2D eigenvalue weighted by molar-refractivity contribution is -0.317. The Bertz CT molecular complexity index is 496. The number of hydrogen-bond donors (Lipinski definition) is 1. The summed E-state index contributed by atoms with van der Waals surface area (Å²) in [4.78, 5) is 18.3. The fourth-order valence-electron chi connectivity index (χ4n) is 1.58. The molecule has 1 aromatic heterocycles. The highest BCUT2D eigenvalue weighted by molar-refractivity contribution is 5.75. The van der Waals surface area contributed by atoms with Crippen LogP contribution in [0, 0.1) is 5.41 Å². The number of carboxylic acid groups (broad SMARTS) is 1. The van der Waals surface area contributed by atoms with E-state index in [-0.39, 0.29) is 0 Å². The molecule has 0 spiro atoms. The van der Waals surface area contributed by atoms with Gasteiger partial charge in [0.15, 0.2) is 0 Å². The van der Waals surface area contributed by atoms with E-state index in [4.69, 9.17) is 0 Å². The number of H-pyrrole nitrogens is 1. The molecule has 4 nitrogen and oxygen atoms in total. The summed E-state index contributed by atoms with van der Waals surface area (Å²) in [5.41, 5.74) is 0.867. The van der Waals surface area contributed by atoms with Crippen molar-refractivity contribution in [2.24, 2.45) is 5.41 Å². The molecule has 1 N–H and O–H groups in total. The quantitative estimate of drug-likeness (QED) is 0.829. The molecule has 2 rings (SSSR count). The Kier molecular flexibility index (Phi) is 2.42. The smallest absolute Gasteiger partial charge is 0.108 e. The van der Waals surface area contributed by atoms with Crippen molar-refractivity contribution in [3.8, 4) is 0 Å². The highest BCUT2D eigenvalue weighted by atomic mass is 16.4. The van der Waals surface area contributed by atoms with Crippen molar-refractivity contribution in [2.45, 2.75) is 20.3 Å². The number of imidazole rings is 1. The number of fused-ring (bicyclic) bond motifs is 1. The zero-order chi connectivity index (χ0) is 11.8. The van der Waals surface area contributed by atoms with Gasteiger partial charge in [0.05, 0.1) is 11.0 Å². The average molecular weight is 217 g/mol. The second-order valence-electron chi connectivity index (χ2n) is 4.55. The van der Waals surface area contributed by atoms with Gasteiger partial charge in [-0.15, -0.1) is 0 Å². The molecule has 0 amide bonds. The summed E-state index contributed by atoms with van der Waals surface area (Å²) >= 11 is 0. The third kappa shape index (κ3) is 1.91. The summed E-state index contributed by atoms with van der Waals surface area (Å²) in [6.45, 7) is 3.27. The molecule has 84 valence electrons. The van der Waals surface area contributed by atoms with Crippen LogP contribution in [0.3, 0.4) is 0 Å². The Morgan fingerprint density at radius 3 is 2.75 bits per heavy atom. The number of nitrogens with zero attached hydrogens (tertiary/aromatic N) is 1. The van der Waals surface area contributed by atoms with Crippen molar-refractivity contribution in [2.75, 3.05) is 0 Å². The Balaban J connectivity index is 2.32. The highest BCUT2D eigenvalue weighted by Gasteiger charge is 2.21. The van der Waals surface area contributed by atoms with Crippen LogP contribution in [-0.2, 0) is 11.2 Å². The molecule has 0 saturated carbocycles. The molecule has 4 heteroatoms. The number of carboxylic acids is 1. The van der Waals surface area contributed by atoms with Crippen LogP contribution in [0.2, 0.25) is 0 Å². The number of nitrogens with one attached hydrogen (secondary N) is 1. The summed E-state index contributed by atoms with van der Waals surface area (Å²) in [6.07, 6.45) is 0.337. The first kappa shape index (κ1) is 10.7. The zero-order valence-corrected chi connectivity index (χ0v) is 9.28. The number of para-hydroxylation sites is 2. The minimum Gasteiger partial charge on any atom is -0.550 e. The van der Waals surface area contributed by atoms with Gasteiger partial charge in [-0.25, -0.2) is 4.98 Å². The monoisotopic (exact) mass is 217 g/mol. The molecule has 2 aromatic rings. The molecule has 0 aliphatic heterocycles. The van der Waals surface area contributed by atoms with E-state index >= 15 is 0 Å². The molecule has 1 aromatic carbocycles. The molecule has 16 heavy (non-hydrogen) atoms. The van der Waals surface area contributed by atoms with Gasteiger partial charge in [-0.2, -0.15) is 0 Å². The van der Waals surface area contributed by atoms with Gasteiger partial charge in [0, 0.05) is 17.8 Å². The minimum absolute atomic E-state index is 0.337. The first-order valence-corrected chi connectivity index (χ1v) is 5.14. The molecule has 0 bridgehead atoms. The summed E-state index contributed by atoms with van der Waals surface area (Å²) in [7, 11) is 0. The maximum atomic E-state index is 10.9. The summed E-state index contributed by atoms with van der Waals surface area (Å²) in [6, 6.07) is 7.62. The Hall–Kier alpha value is -1.84. The zero-order valence-electron chi connectivity index (χ0n) is 9.28. The second kappa shape index (κ2) is 3.63. The summed E-state index contributed by atoms with van der Waals surface area (Å²) in [5, 5.41) is 10.9. The van der Waals surface area contributed by atoms with Gasteiger partial charge in [-0.1, -0.05) is 26.0 Å². The van der Waals surface area contributed by atoms with Crippen LogP contribution in [0.25, 0.3) is 11.0 Å². The van der Waals surface area contributed by atoms with Gasteiger partial charge < -0.3 is 14.9 Å². The van der Waals surface area contributed by atoms with Crippen molar-refractivity contribution >= 4 is 17.0 Å². The van der Waals surface area contributed by atoms with Crippen molar-refractivity contribution in [1.29, 1.82) is 0 Å². The molecule has 0 atom stereocenters. The first-order chi connectivity index (χ1) is 7.49. The third-order valence-electron chi connectivity index (χ3n) is 2.60. The number of aromatic nitrogens is 2. The standard InChI is InChI=1S/C12H14N2O2/c1-12(2,11(15)16)7-10-13-8-5-3-4-6-9(8)14-10/h3-6H,7H2,1-2H3,(H,13,14)(H,15,16)/p-1. The molecule has 1 heterocycles. The summed E-state index contributed by atoms with van der Waals surface area (Å²) < 4.78 is 0. The number of benzene rings is 1. The summed E-state index contributed by atoms with van der Waals surface area (Å²) in [5.74, 6) is -0.386. The van der Waals surface area contributed by atoms with Gasteiger partial charge in [0.1, 0.15) is 5.82 Å². The predicted octanol–water partition coefficient (Wildman–Crippen LogP) is 0.881. The van der Waals surface area contributed by atoms with Gasteiger partial charge in [0.25, 0.3) is 0 Å². The molecular formula is C12H13N2O2-. The van der Waals surface area contributed by atoms with Crippen LogP contribution in [-0.4, -0.2) is 15.9 Å². The van der Waals surface area contributed by atoms with Crippen molar-refractivity contribution in [3.63, 3.8) is 0 Å². The molecular weight excluding hydrogens is 204 g/mol. The lowest BCUT2D eigenvalue weighted by Gasteiger charge is -2.24. The van der Waals surface area contributed by atoms with Crippen LogP contribution in [0.15, 0.2) is 24.3 Å². The van der Waals surface area contributed by atoms with Crippen LogP contribution in [0.4, 0.5) is 0 Å². The van der Waals surface area contributed by atoms with Gasteiger partial charge >= 0.3 is 0 Å². The molecule has 0 unspecified atom stereocenters. The van der Waals surface area contributed by atoms with Crippen molar-refractivity contribution < 1.29 is 9.90 Å². The van der Waals surface area contributed by atoms with Gasteiger partial charge in [0.2, 0.25) is 0 Å². The van der Waals surface area contributed by atoms with Crippen LogP contribution >= 0.6 is 0 Å². The Morgan fingerprint density at radius 2 is 2.12 bits per heavy atom. The SMILES string of the molecule is CC(C)(Cc1nc2ccccc2[nH]1)C(=O)[O-]. The third-order valence-corrected chi connectivity index (χ3v) is 2.60. The normalized spacial score (nSPS) is 11.9. The first-order valence-electron chi connectivity index (χ1n) is 5.14. The number of carbonyl (C=O) groups excluding carboxylic acids is 1.